The van der Waals surface area contributed by atoms with Crippen LogP contribution in [0.4, 0.5) is 5.69 Å². The second-order valence-corrected chi connectivity index (χ2v) is 8.75. The Morgan fingerprint density at radius 1 is 0.757 bits per heavy atom. The molecule has 0 saturated heterocycles. The third-order valence-electron chi connectivity index (χ3n) is 5.89. The molecule has 0 aromatic heterocycles. The number of rotatable bonds is 10. The van der Waals surface area contributed by atoms with Crippen LogP contribution in [0.25, 0.3) is 0 Å². The standard InChI is InChI=1S/C31H30N2O4/c1-22-13-14-25(19-23(22)2)30(34)33-29(21-36-20-24-9-5-3-6-10-24)31(35)32-26-15-17-28(18-16-26)37-27-11-7-4-8-12-27/h3-19,29H,20-21H2,1-2H3,(H,32,35)(H,33,34). The smallest absolute Gasteiger partial charge is 0.252 e. The Morgan fingerprint density at radius 3 is 2.08 bits per heavy atom. The molecule has 0 saturated carbocycles. The van der Waals surface area contributed by atoms with E-state index in [-0.39, 0.29) is 18.4 Å². The highest BCUT2D eigenvalue weighted by Crippen LogP contribution is 2.22. The average molecular weight is 495 g/mol. The molecule has 2 amide bonds. The summed E-state index contributed by atoms with van der Waals surface area (Å²) >= 11 is 0. The van der Waals surface area contributed by atoms with E-state index in [1.54, 1.807) is 30.3 Å². The first kappa shape index (κ1) is 25.7. The van der Waals surface area contributed by atoms with Crippen molar-refractivity contribution in [2.75, 3.05) is 11.9 Å². The highest BCUT2D eigenvalue weighted by molar-refractivity contribution is 6.01. The summed E-state index contributed by atoms with van der Waals surface area (Å²) in [6, 6.07) is 30.8. The van der Waals surface area contributed by atoms with Gasteiger partial charge in [-0.1, -0.05) is 54.6 Å². The predicted molar refractivity (Wildman–Crippen MR) is 145 cm³/mol. The van der Waals surface area contributed by atoms with Crippen molar-refractivity contribution in [3.63, 3.8) is 0 Å². The van der Waals surface area contributed by atoms with Crippen LogP contribution in [0.15, 0.2) is 103 Å². The largest absolute Gasteiger partial charge is 0.457 e. The number of aryl methyl sites for hydroxylation is 2. The van der Waals surface area contributed by atoms with Crippen LogP contribution in [0.2, 0.25) is 0 Å². The van der Waals surface area contributed by atoms with Crippen LogP contribution in [0, 0.1) is 13.8 Å². The van der Waals surface area contributed by atoms with E-state index in [9.17, 15) is 9.59 Å². The quantitative estimate of drug-likeness (QED) is 0.281. The fourth-order valence-electron chi connectivity index (χ4n) is 3.64. The molecule has 0 aliphatic heterocycles. The summed E-state index contributed by atoms with van der Waals surface area (Å²) in [4.78, 5) is 26.1. The van der Waals surface area contributed by atoms with E-state index in [1.165, 1.54) is 0 Å². The fraction of sp³-hybridized carbons (Fsp3) is 0.161. The number of anilines is 1. The Morgan fingerprint density at radius 2 is 1.41 bits per heavy atom. The summed E-state index contributed by atoms with van der Waals surface area (Å²) in [7, 11) is 0. The van der Waals surface area contributed by atoms with Crippen molar-refractivity contribution in [3.05, 3.63) is 125 Å². The van der Waals surface area contributed by atoms with Crippen molar-refractivity contribution in [1.29, 1.82) is 0 Å². The zero-order valence-electron chi connectivity index (χ0n) is 20.9. The number of ether oxygens (including phenoxy) is 2. The third kappa shape index (κ3) is 7.53. The second kappa shape index (κ2) is 12.5. The Kier molecular flexibility index (Phi) is 8.68. The van der Waals surface area contributed by atoms with Gasteiger partial charge in [0.05, 0.1) is 13.2 Å². The first-order chi connectivity index (χ1) is 18.0. The van der Waals surface area contributed by atoms with Crippen molar-refractivity contribution in [3.8, 4) is 11.5 Å². The molecule has 37 heavy (non-hydrogen) atoms. The molecule has 0 aliphatic carbocycles. The number of benzene rings is 4. The molecule has 4 aromatic carbocycles. The molecule has 0 aliphatic rings. The van der Waals surface area contributed by atoms with Crippen LogP contribution in [-0.2, 0) is 16.1 Å². The van der Waals surface area contributed by atoms with E-state index in [4.69, 9.17) is 9.47 Å². The van der Waals surface area contributed by atoms with Crippen LogP contribution in [0.1, 0.15) is 27.0 Å². The summed E-state index contributed by atoms with van der Waals surface area (Å²) in [6.07, 6.45) is 0. The van der Waals surface area contributed by atoms with Gasteiger partial charge in [0.25, 0.3) is 5.91 Å². The van der Waals surface area contributed by atoms with Gasteiger partial charge in [-0.05, 0) is 79.1 Å². The minimum absolute atomic E-state index is 0.0204. The van der Waals surface area contributed by atoms with E-state index in [0.29, 0.717) is 23.6 Å². The predicted octanol–water partition coefficient (Wildman–Crippen LogP) is 6.05. The number of carbonyl (C=O) groups excluding carboxylic acids is 2. The molecular weight excluding hydrogens is 464 g/mol. The normalized spacial score (nSPS) is 11.4. The molecule has 0 heterocycles. The maximum Gasteiger partial charge on any atom is 0.252 e. The molecule has 4 aromatic rings. The highest BCUT2D eigenvalue weighted by atomic mass is 16.5. The highest BCUT2D eigenvalue weighted by Gasteiger charge is 2.22. The zero-order chi connectivity index (χ0) is 26.0. The summed E-state index contributed by atoms with van der Waals surface area (Å²) in [5.74, 6) is 0.666. The zero-order valence-corrected chi connectivity index (χ0v) is 20.9. The summed E-state index contributed by atoms with van der Waals surface area (Å²) in [5.41, 5.74) is 4.16. The van der Waals surface area contributed by atoms with Crippen LogP contribution in [0.3, 0.4) is 0 Å². The summed E-state index contributed by atoms with van der Waals surface area (Å²) < 4.78 is 11.6. The van der Waals surface area contributed by atoms with Gasteiger partial charge in [-0.3, -0.25) is 9.59 Å². The van der Waals surface area contributed by atoms with Crippen LogP contribution >= 0.6 is 0 Å². The second-order valence-electron chi connectivity index (χ2n) is 8.75. The number of hydrogen-bond donors (Lipinski definition) is 2. The Balaban J connectivity index is 1.42. The Bertz CT molecular complexity index is 1320. The van der Waals surface area contributed by atoms with Gasteiger partial charge in [-0.2, -0.15) is 0 Å². The molecule has 0 bridgehead atoms. The molecule has 6 nitrogen and oxygen atoms in total. The first-order valence-electron chi connectivity index (χ1n) is 12.1. The van der Waals surface area contributed by atoms with Gasteiger partial charge in [0.1, 0.15) is 17.5 Å². The SMILES string of the molecule is Cc1ccc(C(=O)NC(COCc2ccccc2)C(=O)Nc2ccc(Oc3ccccc3)cc2)cc1C. The monoisotopic (exact) mass is 494 g/mol. The fourth-order valence-corrected chi connectivity index (χ4v) is 3.64. The molecule has 4 rings (SSSR count). The molecule has 6 heteroatoms. The molecule has 0 radical (unpaired) electrons. The Labute approximate surface area is 217 Å². The van der Waals surface area contributed by atoms with E-state index >= 15 is 0 Å². The number of nitrogens with one attached hydrogen (secondary N) is 2. The van der Waals surface area contributed by atoms with E-state index < -0.39 is 6.04 Å². The van der Waals surface area contributed by atoms with Crippen molar-refractivity contribution < 1.29 is 19.1 Å². The molecule has 0 spiro atoms. The molecule has 2 N–H and O–H groups in total. The number of carbonyl (C=O) groups is 2. The topological polar surface area (TPSA) is 76.7 Å². The lowest BCUT2D eigenvalue weighted by molar-refractivity contribution is -0.119. The average Bonchev–Trinajstić information content (AvgIpc) is 2.92. The van der Waals surface area contributed by atoms with E-state index in [0.717, 1.165) is 22.4 Å². The van der Waals surface area contributed by atoms with Gasteiger partial charge in [0.15, 0.2) is 0 Å². The van der Waals surface area contributed by atoms with Gasteiger partial charge in [-0.25, -0.2) is 0 Å². The minimum atomic E-state index is -0.891. The van der Waals surface area contributed by atoms with Crippen LogP contribution in [0.5, 0.6) is 11.5 Å². The van der Waals surface area contributed by atoms with Crippen molar-refractivity contribution in [2.24, 2.45) is 0 Å². The molecule has 1 atom stereocenters. The van der Waals surface area contributed by atoms with Crippen molar-refractivity contribution >= 4 is 17.5 Å². The van der Waals surface area contributed by atoms with Crippen LogP contribution < -0.4 is 15.4 Å². The molecular formula is C31H30N2O4. The van der Waals surface area contributed by atoms with Gasteiger partial charge < -0.3 is 20.1 Å². The number of amides is 2. The van der Waals surface area contributed by atoms with Crippen molar-refractivity contribution in [2.45, 2.75) is 26.5 Å². The lowest BCUT2D eigenvalue weighted by atomic mass is 10.1. The van der Waals surface area contributed by atoms with Crippen molar-refractivity contribution in [1.82, 2.24) is 5.32 Å². The minimum Gasteiger partial charge on any atom is -0.457 e. The molecule has 1 unspecified atom stereocenters. The van der Waals surface area contributed by atoms with Gasteiger partial charge in [0.2, 0.25) is 5.91 Å². The van der Waals surface area contributed by atoms with E-state index in [1.807, 2.05) is 86.6 Å². The summed E-state index contributed by atoms with van der Waals surface area (Å²) in [5, 5.41) is 5.70. The Hall–Kier alpha value is -4.42. The van der Waals surface area contributed by atoms with Gasteiger partial charge in [0, 0.05) is 11.3 Å². The third-order valence-corrected chi connectivity index (χ3v) is 5.89. The molecule has 0 fully saturated rings. The van der Waals surface area contributed by atoms with E-state index in [2.05, 4.69) is 10.6 Å². The van der Waals surface area contributed by atoms with Gasteiger partial charge >= 0.3 is 0 Å². The maximum atomic E-state index is 13.2. The first-order valence-corrected chi connectivity index (χ1v) is 12.1. The van der Waals surface area contributed by atoms with Gasteiger partial charge in [-0.15, -0.1) is 0 Å². The number of hydrogen-bond acceptors (Lipinski definition) is 4. The summed E-state index contributed by atoms with van der Waals surface area (Å²) in [6.45, 7) is 4.29. The van der Waals surface area contributed by atoms with Crippen LogP contribution in [-0.4, -0.2) is 24.5 Å². The molecule has 188 valence electrons. The maximum absolute atomic E-state index is 13.2. The lowest BCUT2D eigenvalue weighted by Crippen LogP contribution is -2.46. The number of para-hydroxylation sites is 1. The lowest BCUT2D eigenvalue weighted by Gasteiger charge is -2.19.